The average Bonchev–Trinajstić information content (AvgIpc) is 2.02. The van der Waals surface area contributed by atoms with Crippen LogP contribution in [0.5, 0.6) is 0 Å². The Kier molecular flexibility index (Phi) is 4.35. The van der Waals surface area contributed by atoms with Crippen LogP contribution in [0.1, 0.15) is 27.2 Å². The van der Waals surface area contributed by atoms with E-state index < -0.39 is 0 Å². The lowest BCUT2D eigenvalue weighted by Gasteiger charge is -2.53. The minimum Gasteiger partial charge on any atom is -0.395 e. The Morgan fingerprint density at radius 3 is 2.57 bits per heavy atom. The summed E-state index contributed by atoms with van der Waals surface area (Å²) in [4.78, 5) is 4.82. The normalized spacial score (nSPS) is 28.5. The molecule has 0 amide bonds. The molecule has 0 radical (unpaired) electrons. The molecule has 0 saturated carbocycles. The monoisotopic (exact) mass is 200 g/mol. The van der Waals surface area contributed by atoms with Gasteiger partial charge in [-0.3, -0.25) is 9.80 Å². The fourth-order valence-corrected chi connectivity index (χ4v) is 2.41. The second kappa shape index (κ2) is 5.10. The molecule has 1 heterocycles. The Bertz CT molecular complexity index is 173. The maximum atomic E-state index is 8.88. The van der Waals surface area contributed by atoms with Crippen LogP contribution in [0.25, 0.3) is 0 Å². The lowest BCUT2D eigenvalue weighted by atomic mass is 9.91. The van der Waals surface area contributed by atoms with Crippen molar-refractivity contribution < 1.29 is 5.11 Å². The highest BCUT2D eigenvalue weighted by atomic mass is 16.3. The van der Waals surface area contributed by atoms with Gasteiger partial charge in [0.05, 0.1) is 6.61 Å². The molecule has 0 aliphatic carbocycles. The van der Waals surface area contributed by atoms with Gasteiger partial charge in [0, 0.05) is 31.2 Å². The zero-order chi connectivity index (χ0) is 10.7. The Labute approximate surface area is 87.7 Å². The topological polar surface area (TPSA) is 26.7 Å². The first kappa shape index (κ1) is 12.0. The molecular weight excluding hydrogens is 176 g/mol. The summed E-state index contributed by atoms with van der Waals surface area (Å²) in [5.74, 6) is 0. The third kappa shape index (κ3) is 2.27. The molecule has 0 aromatic rings. The summed E-state index contributed by atoms with van der Waals surface area (Å²) < 4.78 is 0. The summed E-state index contributed by atoms with van der Waals surface area (Å²) >= 11 is 0. The average molecular weight is 200 g/mol. The molecule has 2 atom stereocenters. The molecule has 0 aromatic heterocycles. The van der Waals surface area contributed by atoms with Gasteiger partial charge >= 0.3 is 0 Å². The minimum atomic E-state index is 0.269. The van der Waals surface area contributed by atoms with E-state index in [0.29, 0.717) is 18.1 Å². The maximum Gasteiger partial charge on any atom is 0.0558 e. The second-order valence-electron chi connectivity index (χ2n) is 4.54. The van der Waals surface area contributed by atoms with Crippen LogP contribution in [0.4, 0.5) is 0 Å². The zero-order valence-corrected chi connectivity index (χ0v) is 9.90. The van der Waals surface area contributed by atoms with Crippen molar-refractivity contribution in [3.63, 3.8) is 0 Å². The minimum absolute atomic E-state index is 0.269. The zero-order valence-electron chi connectivity index (χ0n) is 9.90. The van der Waals surface area contributed by atoms with E-state index in [0.717, 1.165) is 13.1 Å². The van der Waals surface area contributed by atoms with Gasteiger partial charge in [0.25, 0.3) is 0 Å². The molecule has 1 N–H and O–H groups in total. The lowest BCUT2D eigenvalue weighted by molar-refractivity contribution is -0.0440. The van der Waals surface area contributed by atoms with Crippen molar-refractivity contribution in [2.45, 2.75) is 45.3 Å². The van der Waals surface area contributed by atoms with Gasteiger partial charge in [-0.1, -0.05) is 6.92 Å². The number of aliphatic hydroxyl groups is 1. The highest BCUT2D eigenvalue weighted by molar-refractivity contribution is 4.98. The summed E-state index contributed by atoms with van der Waals surface area (Å²) in [5, 5.41) is 8.88. The molecule has 1 saturated heterocycles. The molecule has 1 rings (SSSR count). The Morgan fingerprint density at radius 1 is 1.50 bits per heavy atom. The molecular formula is C11H24N2O. The molecule has 1 aliphatic rings. The fourth-order valence-electron chi connectivity index (χ4n) is 2.41. The van der Waals surface area contributed by atoms with E-state index in [4.69, 9.17) is 5.11 Å². The van der Waals surface area contributed by atoms with Gasteiger partial charge in [-0.05, 0) is 27.3 Å². The molecule has 0 spiro atoms. The van der Waals surface area contributed by atoms with Gasteiger partial charge in [0.2, 0.25) is 0 Å². The van der Waals surface area contributed by atoms with Gasteiger partial charge < -0.3 is 5.11 Å². The molecule has 1 unspecified atom stereocenters. The van der Waals surface area contributed by atoms with E-state index in [-0.39, 0.29) is 6.61 Å². The summed E-state index contributed by atoms with van der Waals surface area (Å²) in [6, 6.07) is 1.99. The van der Waals surface area contributed by atoms with E-state index in [2.05, 4.69) is 37.6 Å². The summed E-state index contributed by atoms with van der Waals surface area (Å²) in [6.07, 6.45) is 1.21. The molecule has 1 aliphatic heterocycles. The van der Waals surface area contributed by atoms with E-state index in [1.807, 2.05) is 0 Å². The van der Waals surface area contributed by atoms with Crippen LogP contribution in [0.2, 0.25) is 0 Å². The predicted molar refractivity (Wildman–Crippen MR) is 59.4 cm³/mol. The van der Waals surface area contributed by atoms with Crippen LogP contribution in [-0.4, -0.2) is 59.8 Å². The largest absolute Gasteiger partial charge is 0.395 e. The maximum absolute atomic E-state index is 8.88. The molecule has 84 valence electrons. The highest BCUT2D eigenvalue weighted by Gasteiger charge is 2.40. The Hall–Kier alpha value is -0.120. The molecule has 1 fully saturated rings. The van der Waals surface area contributed by atoms with E-state index in [1.54, 1.807) is 0 Å². The molecule has 3 heteroatoms. The van der Waals surface area contributed by atoms with Crippen molar-refractivity contribution in [3.8, 4) is 0 Å². The number of hydrogen-bond donors (Lipinski definition) is 1. The van der Waals surface area contributed by atoms with Crippen molar-refractivity contribution in [1.29, 1.82) is 0 Å². The predicted octanol–water partition coefficient (Wildman–Crippen LogP) is 0.782. The van der Waals surface area contributed by atoms with Gasteiger partial charge in [0.15, 0.2) is 0 Å². The number of hydrogen-bond acceptors (Lipinski definition) is 3. The molecule has 0 aromatic carbocycles. The van der Waals surface area contributed by atoms with Gasteiger partial charge in [-0.25, -0.2) is 0 Å². The van der Waals surface area contributed by atoms with Crippen molar-refractivity contribution >= 4 is 0 Å². The smallest absolute Gasteiger partial charge is 0.0558 e. The second-order valence-corrected chi connectivity index (χ2v) is 4.54. The standard InChI is InChI=1S/C11H24N2O/c1-5-10-11(12(4)6-7-14)8-13(10)9(2)3/h9-11,14H,5-8H2,1-4H3/t10-,11?/m1/s1. The third-order valence-electron chi connectivity index (χ3n) is 3.37. The van der Waals surface area contributed by atoms with Crippen LogP contribution >= 0.6 is 0 Å². The van der Waals surface area contributed by atoms with Gasteiger partial charge in [0.1, 0.15) is 0 Å². The van der Waals surface area contributed by atoms with Gasteiger partial charge in [-0.2, -0.15) is 0 Å². The third-order valence-corrected chi connectivity index (χ3v) is 3.37. The fraction of sp³-hybridized carbons (Fsp3) is 1.00. The SMILES string of the molecule is CC[C@@H]1C(N(C)CCO)CN1C(C)C. The van der Waals surface area contributed by atoms with Crippen molar-refractivity contribution in [2.24, 2.45) is 0 Å². The molecule has 3 nitrogen and oxygen atoms in total. The highest BCUT2D eigenvalue weighted by Crippen LogP contribution is 2.27. The van der Waals surface area contributed by atoms with Crippen LogP contribution in [0.3, 0.4) is 0 Å². The van der Waals surface area contributed by atoms with Crippen molar-refractivity contribution in [2.75, 3.05) is 26.7 Å². The van der Waals surface area contributed by atoms with Crippen molar-refractivity contribution in [1.82, 2.24) is 9.80 Å². The summed E-state index contributed by atoms with van der Waals surface area (Å²) in [7, 11) is 2.11. The van der Waals surface area contributed by atoms with Crippen LogP contribution in [0.15, 0.2) is 0 Å². The first-order valence-corrected chi connectivity index (χ1v) is 5.68. The van der Waals surface area contributed by atoms with Crippen LogP contribution < -0.4 is 0 Å². The number of nitrogens with zero attached hydrogens (tertiary/aromatic N) is 2. The first-order chi connectivity index (χ1) is 6.61. The Morgan fingerprint density at radius 2 is 2.14 bits per heavy atom. The quantitative estimate of drug-likeness (QED) is 0.710. The summed E-state index contributed by atoms with van der Waals surface area (Å²) in [6.45, 7) is 8.99. The van der Waals surface area contributed by atoms with Gasteiger partial charge in [-0.15, -0.1) is 0 Å². The molecule has 0 bridgehead atoms. The Balaban J connectivity index is 2.43. The lowest BCUT2D eigenvalue weighted by Crippen LogP contribution is -2.67. The van der Waals surface area contributed by atoms with Crippen LogP contribution in [-0.2, 0) is 0 Å². The summed E-state index contributed by atoms with van der Waals surface area (Å²) in [5.41, 5.74) is 0. The van der Waals surface area contributed by atoms with E-state index in [1.165, 1.54) is 6.42 Å². The van der Waals surface area contributed by atoms with E-state index >= 15 is 0 Å². The number of rotatable bonds is 5. The van der Waals surface area contributed by atoms with E-state index in [9.17, 15) is 0 Å². The number of likely N-dealkylation sites (tertiary alicyclic amines) is 1. The molecule has 14 heavy (non-hydrogen) atoms. The van der Waals surface area contributed by atoms with Crippen molar-refractivity contribution in [3.05, 3.63) is 0 Å². The number of aliphatic hydroxyl groups excluding tert-OH is 1. The first-order valence-electron chi connectivity index (χ1n) is 5.68. The van der Waals surface area contributed by atoms with Crippen LogP contribution in [0, 0.1) is 0 Å². The number of likely N-dealkylation sites (N-methyl/N-ethyl adjacent to an activating group) is 1.